The average molecular weight is 247 g/mol. The molecule has 0 bridgehead atoms. The normalized spacial score (nSPS) is 11.3. The molecule has 2 rings (SSSR count). The fourth-order valence-corrected chi connectivity index (χ4v) is 2.13. The number of nitrogens with zero attached hydrogens (tertiary/aromatic N) is 3. The predicted molar refractivity (Wildman–Crippen MR) is 72.3 cm³/mol. The summed E-state index contributed by atoms with van der Waals surface area (Å²) in [6, 6.07) is 3.84. The van der Waals surface area contributed by atoms with Gasteiger partial charge in [0.15, 0.2) is 11.6 Å². The lowest BCUT2D eigenvalue weighted by Gasteiger charge is -2.17. The molecule has 0 saturated carbocycles. The zero-order chi connectivity index (χ0) is 12.8. The number of imidazole rings is 1. The van der Waals surface area contributed by atoms with Gasteiger partial charge in [0, 0.05) is 18.9 Å². The molecule has 0 saturated heterocycles. The minimum absolute atomic E-state index is 0.836. The molecule has 0 aliphatic heterocycles. The highest BCUT2D eigenvalue weighted by atomic mass is 16.3. The van der Waals surface area contributed by atoms with Crippen molar-refractivity contribution in [3.63, 3.8) is 0 Å². The largest absolute Gasteiger partial charge is 0.461 e. The molecule has 4 heteroatoms. The van der Waals surface area contributed by atoms with Crippen LogP contribution in [0, 0.1) is 0 Å². The quantitative estimate of drug-likeness (QED) is 0.754. The lowest BCUT2D eigenvalue weighted by atomic mass is 10.3. The summed E-state index contributed by atoms with van der Waals surface area (Å²) in [5, 5.41) is 0. The molecule has 2 aromatic rings. The maximum absolute atomic E-state index is 5.39. The fraction of sp³-hybridized carbons (Fsp3) is 0.500. The van der Waals surface area contributed by atoms with Crippen LogP contribution in [0.1, 0.15) is 20.3 Å². The molecule has 0 aliphatic rings. The highest BCUT2D eigenvalue weighted by molar-refractivity contribution is 5.46. The van der Waals surface area contributed by atoms with Crippen LogP contribution in [-0.2, 0) is 6.54 Å². The summed E-state index contributed by atoms with van der Waals surface area (Å²) in [7, 11) is 0. The predicted octanol–water partition coefficient (Wildman–Crippen LogP) is 2.88. The molecule has 0 N–H and O–H groups in total. The van der Waals surface area contributed by atoms with Gasteiger partial charge in [-0.15, -0.1) is 0 Å². The molecule has 0 amide bonds. The van der Waals surface area contributed by atoms with E-state index in [4.69, 9.17) is 4.42 Å². The second-order valence-electron chi connectivity index (χ2n) is 4.30. The summed E-state index contributed by atoms with van der Waals surface area (Å²) < 4.78 is 7.55. The summed E-state index contributed by atoms with van der Waals surface area (Å²) in [6.45, 7) is 8.75. The van der Waals surface area contributed by atoms with Crippen LogP contribution in [0.15, 0.2) is 35.2 Å². The van der Waals surface area contributed by atoms with E-state index >= 15 is 0 Å². The van der Waals surface area contributed by atoms with Gasteiger partial charge >= 0.3 is 0 Å². The summed E-state index contributed by atoms with van der Waals surface area (Å²) in [5.41, 5.74) is 0. The van der Waals surface area contributed by atoms with Gasteiger partial charge in [0.2, 0.25) is 0 Å². The highest BCUT2D eigenvalue weighted by Gasteiger charge is 2.08. The standard InChI is InChI=1S/C14H21N3O/c1-3-16(4-2)9-6-10-17-11-8-15-14(17)13-7-5-12-18-13/h5,7-8,11-12H,3-4,6,9-10H2,1-2H3. The van der Waals surface area contributed by atoms with Crippen molar-refractivity contribution in [2.45, 2.75) is 26.8 Å². The Labute approximate surface area is 108 Å². The van der Waals surface area contributed by atoms with E-state index in [9.17, 15) is 0 Å². The molecule has 0 unspecified atom stereocenters. The third-order valence-corrected chi connectivity index (χ3v) is 3.22. The van der Waals surface area contributed by atoms with E-state index in [0.29, 0.717) is 0 Å². The van der Waals surface area contributed by atoms with E-state index < -0.39 is 0 Å². The van der Waals surface area contributed by atoms with Gasteiger partial charge < -0.3 is 13.9 Å². The lowest BCUT2D eigenvalue weighted by Crippen LogP contribution is -2.24. The molecule has 0 aliphatic carbocycles. The number of aromatic nitrogens is 2. The Morgan fingerprint density at radius 3 is 2.83 bits per heavy atom. The summed E-state index contributed by atoms with van der Waals surface area (Å²) in [6.07, 6.45) is 6.66. The van der Waals surface area contributed by atoms with Gasteiger partial charge in [-0.2, -0.15) is 0 Å². The van der Waals surface area contributed by atoms with E-state index in [1.807, 2.05) is 24.5 Å². The third kappa shape index (κ3) is 3.01. The second-order valence-corrected chi connectivity index (χ2v) is 4.30. The average Bonchev–Trinajstić information content (AvgIpc) is 3.04. The molecular weight excluding hydrogens is 226 g/mol. The maximum atomic E-state index is 5.39. The molecule has 0 atom stereocenters. The van der Waals surface area contributed by atoms with Gasteiger partial charge in [-0.05, 0) is 38.2 Å². The van der Waals surface area contributed by atoms with Gasteiger partial charge in [0.1, 0.15) is 0 Å². The number of aryl methyl sites for hydroxylation is 1. The Morgan fingerprint density at radius 1 is 1.33 bits per heavy atom. The minimum atomic E-state index is 0.836. The first kappa shape index (κ1) is 12.9. The molecule has 0 fully saturated rings. The van der Waals surface area contributed by atoms with Crippen LogP contribution in [-0.4, -0.2) is 34.1 Å². The molecule has 18 heavy (non-hydrogen) atoms. The Morgan fingerprint density at radius 2 is 2.17 bits per heavy atom. The van der Waals surface area contributed by atoms with Crippen LogP contribution in [0.2, 0.25) is 0 Å². The summed E-state index contributed by atoms with van der Waals surface area (Å²) in [4.78, 5) is 6.79. The van der Waals surface area contributed by atoms with Gasteiger partial charge in [-0.3, -0.25) is 0 Å². The van der Waals surface area contributed by atoms with Gasteiger partial charge in [-0.1, -0.05) is 13.8 Å². The highest BCUT2D eigenvalue weighted by Crippen LogP contribution is 2.17. The monoisotopic (exact) mass is 247 g/mol. The topological polar surface area (TPSA) is 34.2 Å². The zero-order valence-corrected chi connectivity index (χ0v) is 11.2. The van der Waals surface area contributed by atoms with Gasteiger partial charge in [-0.25, -0.2) is 4.98 Å². The third-order valence-electron chi connectivity index (χ3n) is 3.22. The van der Waals surface area contributed by atoms with E-state index in [0.717, 1.165) is 44.2 Å². The SMILES string of the molecule is CCN(CC)CCCn1ccnc1-c1ccco1. The van der Waals surface area contributed by atoms with Crippen molar-refractivity contribution in [2.24, 2.45) is 0 Å². The van der Waals surface area contributed by atoms with Gasteiger partial charge in [0.05, 0.1) is 6.26 Å². The van der Waals surface area contributed by atoms with Crippen LogP contribution in [0.4, 0.5) is 0 Å². The molecule has 0 aromatic carbocycles. The van der Waals surface area contributed by atoms with Crippen molar-refractivity contribution < 1.29 is 4.42 Å². The van der Waals surface area contributed by atoms with Crippen LogP contribution < -0.4 is 0 Å². The lowest BCUT2D eigenvalue weighted by molar-refractivity contribution is 0.293. The van der Waals surface area contributed by atoms with E-state index in [2.05, 4.69) is 28.3 Å². The van der Waals surface area contributed by atoms with Crippen molar-refractivity contribution in [3.8, 4) is 11.6 Å². The van der Waals surface area contributed by atoms with Crippen molar-refractivity contribution in [1.82, 2.24) is 14.5 Å². The van der Waals surface area contributed by atoms with Crippen molar-refractivity contribution >= 4 is 0 Å². The molecular formula is C14H21N3O. The smallest absolute Gasteiger partial charge is 0.176 e. The molecule has 0 spiro atoms. The van der Waals surface area contributed by atoms with Crippen molar-refractivity contribution in [1.29, 1.82) is 0 Å². The van der Waals surface area contributed by atoms with E-state index in [-0.39, 0.29) is 0 Å². The number of furan rings is 1. The van der Waals surface area contributed by atoms with E-state index in [1.165, 1.54) is 0 Å². The number of hydrogen-bond donors (Lipinski definition) is 0. The van der Waals surface area contributed by atoms with Crippen LogP contribution in [0.3, 0.4) is 0 Å². The summed E-state index contributed by atoms with van der Waals surface area (Å²) >= 11 is 0. The fourth-order valence-electron chi connectivity index (χ4n) is 2.13. The first-order valence-electron chi connectivity index (χ1n) is 6.62. The van der Waals surface area contributed by atoms with Gasteiger partial charge in [0.25, 0.3) is 0 Å². The molecule has 4 nitrogen and oxygen atoms in total. The molecule has 0 radical (unpaired) electrons. The Hall–Kier alpha value is -1.55. The van der Waals surface area contributed by atoms with Crippen LogP contribution in [0.25, 0.3) is 11.6 Å². The first-order chi connectivity index (χ1) is 8.85. The molecule has 98 valence electrons. The minimum Gasteiger partial charge on any atom is -0.461 e. The van der Waals surface area contributed by atoms with Crippen molar-refractivity contribution in [2.75, 3.05) is 19.6 Å². The summed E-state index contributed by atoms with van der Waals surface area (Å²) in [5.74, 6) is 1.75. The zero-order valence-electron chi connectivity index (χ0n) is 11.2. The molecule has 2 aromatic heterocycles. The number of hydrogen-bond acceptors (Lipinski definition) is 3. The second kappa shape index (κ2) is 6.40. The van der Waals surface area contributed by atoms with E-state index in [1.54, 1.807) is 6.26 Å². The first-order valence-corrected chi connectivity index (χ1v) is 6.62. The van der Waals surface area contributed by atoms with Crippen LogP contribution in [0.5, 0.6) is 0 Å². The van der Waals surface area contributed by atoms with Crippen LogP contribution >= 0.6 is 0 Å². The maximum Gasteiger partial charge on any atom is 0.176 e. The number of rotatable bonds is 7. The molecule has 2 heterocycles. The Bertz CT molecular complexity index is 443. The van der Waals surface area contributed by atoms with Crippen molar-refractivity contribution in [3.05, 3.63) is 30.8 Å². The Balaban J connectivity index is 1.93. The Kier molecular flexibility index (Phi) is 4.59.